The number of aromatic hydroxyl groups is 1. The number of Topliss-reactive ketones (excluding diaryl/α,β-unsaturated/α-hetero) is 1. The number of carbonyl (C=O) groups excluding carboxylic acids is 2. The largest absolute Gasteiger partial charge is 0.507 e. The van der Waals surface area contributed by atoms with E-state index in [4.69, 9.17) is 0 Å². The Labute approximate surface area is 202 Å². The number of nitrogens with one attached hydrogen (secondary N) is 1. The summed E-state index contributed by atoms with van der Waals surface area (Å²) in [7, 11) is 1.87. The second-order valence-electron chi connectivity index (χ2n) is 8.23. The molecule has 6 heteroatoms. The van der Waals surface area contributed by atoms with E-state index >= 15 is 0 Å². The van der Waals surface area contributed by atoms with Gasteiger partial charge in [0.1, 0.15) is 11.5 Å². The fraction of sp³-hybridized carbons (Fsp3) is 0.0345. The quantitative estimate of drug-likeness (QED) is 0.437. The fourth-order valence-corrected chi connectivity index (χ4v) is 4.14. The maximum atomic E-state index is 13.0. The van der Waals surface area contributed by atoms with Crippen molar-refractivity contribution in [2.45, 2.75) is 0 Å². The monoisotopic (exact) mass is 462 g/mol. The van der Waals surface area contributed by atoms with Gasteiger partial charge in [-0.2, -0.15) is 0 Å². The highest BCUT2D eigenvalue weighted by Crippen LogP contribution is 2.43. The Bertz CT molecular complexity index is 1470. The molecular formula is C29H22N2O4. The second-order valence-corrected chi connectivity index (χ2v) is 8.23. The first-order chi connectivity index (χ1) is 16.9. The first kappa shape index (κ1) is 22.0. The minimum Gasteiger partial charge on any atom is -0.507 e. The second kappa shape index (κ2) is 8.83. The fourth-order valence-electron chi connectivity index (χ4n) is 4.14. The molecule has 6 nitrogen and oxygen atoms in total. The molecule has 35 heavy (non-hydrogen) atoms. The van der Waals surface area contributed by atoms with Gasteiger partial charge in [0.05, 0.1) is 11.1 Å². The number of nitrogens with zero attached hydrogens (tertiary/aromatic N) is 1. The summed E-state index contributed by atoms with van der Waals surface area (Å²) in [6.45, 7) is 0. The van der Waals surface area contributed by atoms with E-state index in [0.717, 1.165) is 17.1 Å². The molecule has 0 saturated heterocycles. The van der Waals surface area contributed by atoms with Crippen molar-refractivity contribution in [3.8, 4) is 5.75 Å². The van der Waals surface area contributed by atoms with E-state index in [-0.39, 0.29) is 39.6 Å². The highest BCUT2D eigenvalue weighted by molar-refractivity contribution is 6.41. The molecule has 0 atom stereocenters. The van der Waals surface area contributed by atoms with Crippen LogP contribution in [0, 0.1) is 0 Å². The van der Waals surface area contributed by atoms with Crippen LogP contribution in [0.25, 0.3) is 5.57 Å². The predicted octanol–water partition coefficient (Wildman–Crippen LogP) is 5.44. The van der Waals surface area contributed by atoms with Crippen molar-refractivity contribution in [3.63, 3.8) is 0 Å². The Kier molecular flexibility index (Phi) is 5.55. The number of benzene rings is 3. The topological polar surface area (TPSA) is 89.9 Å². The molecule has 0 aromatic heterocycles. The maximum absolute atomic E-state index is 13.0. The van der Waals surface area contributed by atoms with E-state index in [1.54, 1.807) is 18.2 Å². The minimum atomic E-state index is -0.483. The predicted molar refractivity (Wildman–Crippen MR) is 136 cm³/mol. The number of anilines is 3. The summed E-state index contributed by atoms with van der Waals surface area (Å²) >= 11 is 0. The first-order valence-corrected chi connectivity index (χ1v) is 11.0. The van der Waals surface area contributed by atoms with Crippen LogP contribution in [0.3, 0.4) is 0 Å². The zero-order valence-corrected chi connectivity index (χ0v) is 18.9. The van der Waals surface area contributed by atoms with Gasteiger partial charge < -0.3 is 20.4 Å². The summed E-state index contributed by atoms with van der Waals surface area (Å²) in [4.78, 5) is 27.6. The lowest BCUT2D eigenvalue weighted by molar-refractivity contribution is -0.114. The molecule has 0 aliphatic heterocycles. The molecule has 3 aromatic carbocycles. The third-order valence-electron chi connectivity index (χ3n) is 6.02. The van der Waals surface area contributed by atoms with E-state index in [1.165, 1.54) is 18.2 Å². The Hall–Kier alpha value is -4.84. The van der Waals surface area contributed by atoms with Gasteiger partial charge in [0.15, 0.2) is 5.78 Å². The summed E-state index contributed by atoms with van der Waals surface area (Å²) in [6.07, 6.45) is 4.59. The zero-order valence-electron chi connectivity index (χ0n) is 18.9. The normalized spacial score (nSPS) is 17.2. The van der Waals surface area contributed by atoms with Gasteiger partial charge >= 0.3 is 0 Å². The van der Waals surface area contributed by atoms with E-state index in [2.05, 4.69) is 5.32 Å². The van der Waals surface area contributed by atoms with Gasteiger partial charge in [-0.1, -0.05) is 36.4 Å². The molecule has 0 unspecified atom stereocenters. The number of rotatable bonds is 5. The van der Waals surface area contributed by atoms with Gasteiger partial charge in [-0.25, -0.2) is 0 Å². The summed E-state index contributed by atoms with van der Waals surface area (Å²) in [5.41, 5.74) is 3.36. The first-order valence-electron chi connectivity index (χ1n) is 11.0. The Morgan fingerprint density at radius 3 is 2.09 bits per heavy atom. The number of ketones is 2. The zero-order chi connectivity index (χ0) is 24.5. The van der Waals surface area contributed by atoms with Crippen LogP contribution in [0.2, 0.25) is 0 Å². The van der Waals surface area contributed by atoms with Crippen molar-refractivity contribution >= 4 is 34.2 Å². The summed E-state index contributed by atoms with van der Waals surface area (Å²) in [5.74, 6) is -1.30. The van der Waals surface area contributed by atoms with Gasteiger partial charge in [-0.15, -0.1) is 0 Å². The third kappa shape index (κ3) is 4.02. The molecule has 0 radical (unpaired) electrons. The van der Waals surface area contributed by atoms with E-state index in [9.17, 15) is 19.8 Å². The van der Waals surface area contributed by atoms with Gasteiger partial charge in [-0.05, 0) is 48.6 Å². The van der Waals surface area contributed by atoms with Crippen molar-refractivity contribution in [3.05, 3.63) is 125 Å². The Balaban J connectivity index is 1.41. The van der Waals surface area contributed by atoms with Crippen LogP contribution < -0.4 is 10.2 Å². The smallest absolute Gasteiger partial charge is 0.202 e. The lowest BCUT2D eigenvalue weighted by Gasteiger charge is -2.25. The average Bonchev–Trinajstić information content (AvgIpc) is 2.87. The van der Waals surface area contributed by atoms with Crippen LogP contribution in [0.1, 0.15) is 5.56 Å². The summed E-state index contributed by atoms with van der Waals surface area (Å²) in [5, 5.41) is 24.5. The molecule has 0 fully saturated rings. The van der Waals surface area contributed by atoms with E-state index < -0.39 is 5.78 Å². The molecule has 0 heterocycles. The SMILES string of the molecule is CN(c1ccccc1)c1ccc(C2=C(O)/C(=C3/C=CC(Nc4ccccc4)=CC3=O)C2=O)c(O)c1. The number of hydrogen-bond acceptors (Lipinski definition) is 6. The number of para-hydroxylation sites is 2. The Morgan fingerprint density at radius 1 is 0.771 bits per heavy atom. The highest BCUT2D eigenvalue weighted by Gasteiger charge is 2.39. The van der Waals surface area contributed by atoms with Crippen LogP contribution in [0.15, 0.2) is 120 Å². The van der Waals surface area contributed by atoms with E-state index in [1.807, 2.05) is 72.6 Å². The van der Waals surface area contributed by atoms with Crippen molar-refractivity contribution in [2.24, 2.45) is 0 Å². The number of phenolic OH excluding ortho intramolecular Hbond substituents is 1. The number of hydrogen-bond donors (Lipinski definition) is 3. The van der Waals surface area contributed by atoms with E-state index in [0.29, 0.717) is 5.70 Å². The van der Waals surface area contributed by atoms with Gasteiger partial charge in [0.25, 0.3) is 0 Å². The summed E-state index contributed by atoms with van der Waals surface area (Å²) < 4.78 is 0. The van der Waals surface area contributed by atoms with Crippen molar-refractivity contribution < 1.29 is 19.8 Å². The van der Waals surface area contributed by atoms with Crippen LogP contribution in [-0.4, -0.2) is 28.8 Å². The minimum absolute atomic E-state index is 0.00250. The summed E-state index contributed by atoms with van der Waals surface area (Å²) in [6, 6.07) is 23.9. The standard InChI is InChI=1S/C29H22N2O4/c1-31(20-10-6-3-7-11-20)21-13-15-23(25(33)17-21)27-28(34)26(29(27)35)22-14-12-19(16-24(22)32)30-18-8-4-2-5-9-18/h2-17,30,33-34H,1H3/b26-22+. The molecule has 0 amide bonds. The molecular weight excluding hydrogens is 440 g/mol. The highest BCUT2D eigenvalue weighted by atomic mass is 16.3. The molecule has 0 bridgehead atoms. The molecule has 0 spiro atoms. The number of carbonyl (C=O) groups is 2. The number of aliphatic hydroxyl groups is 1. The molecule has 172 valence electrons. The molecule has 3 N–H and O–H groups in total. The van der Waals surface area contributed by atoms with Crippen molar-refractivity contribution in [2.75, 3.05) is 17.3 Å². The molecule has 0 saturated carbocycles. The van der Waals surface area contributed by atoms with Gasteiger partial charge in [0.2, 0.25) is 5.78 Å². The lowest BCUT2D eigenvalue weighted by Crippen LogP contribution is -2.25. The third-order valence-corrected chi connectivity index (χ3v) is 6.02. The molecule has 3 aromatic rings. The van der Waals surface area contributed by atoms with Crippen molar-refractivity contribution in [1.82, 2.24) is 0 Å². The molecule has 2 aliphatic carbocycles. The van der Waals surface area contributed by atoms with Gasteiger partial charge in [-0.3, -0.25) is 9.59 Å². The average molecular weight is 463 g/mol. The molecule has 5 rings (SSSR count). The number of aliphatic hydroxyl groups excluding tert-OH is 1. The van der Waals surface area contributed by atoms with Crippen molar-refractivity contribution in [1.29, 1.82) is 0 Å². The molecule has 2 aliphatic rings. The van der Waals surface area contributed by atoms with Crippen LogP contribution in [0.4, 0.5) is 17.1 Å². The number of allylic oxidation sites excluding steroid dienone is 6. The van der Waals surface area contributed by atoms with Gasteiger partial charge in [0, 0.05) is 53.1 Å². The van der Waals surface area contributed by atoms with Crippen LogP contribution >= 0.6 is 0 Å². The van der Waals surface area contributed by atoms with Crippen LogP contribution in [0.5, 0.6) is 5.75 Å². The Morgan fingerprint density at radius 2 is 1.46 bits per heavy atom. The number of phenols is 1. The van der Waals surface area contributed by atoms with Crippen LogP contribution in [-0.2, 0) is 9.59 Å². The maximum Gasteiger partial charge on any atom is 0.202 e. The lowest BCUT2D eigenvalue weighted by atomic mass is 9.79.